The highest BCUT2D eigenvalue weighted by Crippen LogP contribution is 2.37. The standard InChI is InChI=1S/C28H28N2O4/c1-16-7-8-24(19(4)10-16)25-26(29-20-13-22(33-5)15-23(14-20)34-6)28(32)30(27(25)31)21-11-17(2)9-18(3)12-21/h7-15,29H,1-6H3. The molecule has 0 saturated heterocycles. The average molecular weight is 457 g/mol. The number of benzene rings is 3. The number of rotatable bonds is 6. The smallest absolute Gasteiger partial charge is 0.282 e. The van der Waals surface area contributed by atoms with Crippen LogP contribution in [0.1, 0.15) is 27.8 Å². The zero-order valence-corrected chi connectivity index (χ0v) is 20.3. The first-order valence-electron chi connectivity index (χ1n) is 11.0. The highest BCUT2D eigenvalue weighted by atomic mass is 16.5. The summed E-state index contributed by atoms with van der Waals surface area (Å²) in [5, 5.41) is 3.20. The molecule has 1 aliphatic rings. The van der Waals surface area contributed by atoms with Gasteiger partial charge < -0.3 is 14.8 Å². The number of amides is 2. The van der Waals surface area contributed by atoms with Crippen LogP contribution in [0.3, 0.4) is 0 Å². The minimum Gasteiger partial charge on any atom is -0.497 e. The summed E-state index contributed by atoms with van der Waals surface area (Å²) in [5.41, 5.74) is 6.35. The molecule has 1 N–H and O–H groups in total. The van der Waals surface area contributed by atoms with Crippen molar-refractivity contribution in [3.63, 3.8) is 0 Å². The predicted molar refractivity (Wildman–Crippen MR) is 134 cm³/mol. The van der Waals surface area contributed by atoms with Gasteiger partial charge in [-0.3, -0.25) is 9.59 Å². The van der Waals surface area contributed by atoms with Crippen molar-refractivity contribution in [3.8, 4) is 11.5 Å². The molecule has 0 bridgehead atoms. The molecule has 1 aliphatic heterocycles. The van der Waals surface area contributed by atoms with Crippen molar-refractivity contribution < 1.29 is 19.1 Å². The van der Waals surface area contributed by atoms with Crippen molar-refractivity contribution in [2.75, 3.05) is 24.4 Å². The van der Waals surface area contributed by atoms with Gasteiger partial charge in [-0.2, -0.15) is 0 Å². The number of aryl methyl sites for hydroxylation is 4. The first kappa shape index (κ1) is 23.1. The minimum absolute atomic E-state index is 0.214. The van der Waals surface area contributed by atoms with Gasteiger partial charge in [0.25, 0.3) is 11.8 Å². The number of imide groups is 1. The van der Waals surface area contributed by atoms with Gasteiger partial charge in [0.1, 0.15) is 17.2 Å². The van der Waals surface area contributed by atoms with Crippen molar-refractivity contribution in [3.05, 3.63) is 88.1 Å². The third-order valence-electron chi connectivity index (χ3n) is 5.82. The molecule has 0 saturated carbocycles. The van der Waals surface area contributed by atoms with E-state index in [0.29, 0.717) is 34.0 Å². The van der Waals surface area contributed by atoms with Crippen molar-refractivity contribution in [1.82, 2.24) is 0 Å². The summed E-state index contributed by atoms with van der Waals surface area (Å²) in [7, 11) is 3.12. The second-order valence-electron chi connectivity index (χ2n) is 8.59. The molecule has 34 heavy (non-hydrogen) atoms. The normalized spacial score (nSPS) is 13.5. The van der Waals surface area contributed by atoms with Crippen molar-refractivity contribution in [1.29, 1.82) is 0 Å². The topological polar surface area (TPSA) is 67.9 Å². The van der Waals surface area contributed by atoms with Crippen LogP contribution in [0.5, 0.6) is 11.5 Å². The molecular weight excluding hydrogens is 428 g/mol. The van der Waals surface area contributed by atoms with E-state index < -0.39 is 5.91 Å². The van der Waals surface area contributed by atoms with E-state index in [1.807, 2.05) is 64.1 Å². The number of nitrogens with zero attached hydrogens (tertiary/aromatic N) is 1. The quantitative estimate of drug-likeness (QED) is 0.508. The van der Waals surface area contributed by atoms with Crippen LogP contribution >= 0.6 is 0 Å². The van der Waals surface area contributed by atoms with E-state index in [1.54, 1.807) is 32.4 Å². The Labute approximate surface area is 199 Å². The first-order valence-corrected chi connectivity index (χ1v) is 11.0. The highest BCUT2D eigenvalue weighted by molar-refractivity contribution is 6.46. The summed E-state index contributed by atoms with van der Waals surface area (Å²) in [6.07, 6.45) is 0. The Morgan fingerprint density at radius 2 is 1.32 bits per heavy atom. The lowest BCUT2D eigenvalue weighted by atomic mass is 9.97. The number of anilines is 2. The zero-order chi connectivity index (χ0) is 24.6. The van der Waals surface area contributed by atoms with Crippen molar-refractivity contribution in [2.45, 2.75) is 27.7 Å². The third kappa shape index (κ3) is 4.27. The summed E-state index contributed by atoms with van der Waals surface area (Å²) in [6.45, 7) is 7.83. The van der Waals surface area contributed by atoms with Crippen LogP contribution in [0.4, 0.5) is 11.4 Å². The molecule has 0 aliphatic carbocycles. The van der Waals surface area contributed by atoms with Gasteiger partial charge >= 0.3 is 0 Å². The van der Waals surface area contributed by atoms with E-state index in [2.05, 4.69) is 5.32 Å². The number of methoxy groups -OCH3 is 2. The molecule has 3 aromatic rings. The van der Waals surface area contributed by atoms with Gasteiger partial charge in [0.15, 0.2) is 0 Å². The lowest BCUT2D eigenvalue weighted by molar-refractivity contribution is -0.120. The molecular formula is C28H28N2O4. The average Bonchev–Trinajstić information content (AvgIpc) is 3.02. The van der Waals surface area contributed by atoms with Crippen LogP contribution in [-0.4, -0.2) is 26.0 Å². The second-order valence-corrected chi connectivity index (χ2v) is 8.59. The fourth-order valence-electron chi connectivity index (χ4n) is 4.33. The number of hydrogen-bond acceptors (Lipinski definition) is 5. The monoisotopic (exact) mass is 456 g/mol. The largest absolute Gasteiger partial charge is 0.497 e. The molecule has 0 spiro atoms. The fourth-order valence-corrected chi connectivity index (χ4v) is 4.33. The Hall–Kier alpha value is -4.06. The predicted octanol–water partition coefficient (Wildman–Crippen LogP) is 5.33. The van der Waals surface area contributed by atoms with Gasteiger partial charge in [-0.25, -0.2) is 4.90 Å². The zero-order valence-electron chi connectivity index (χ0n) is 20.3. The Morgan fingerprint density at radius 1 is 0.706 bits per heavy atom. The van der Waals surface area contributed by atoms with E-state index in [0.717, 1.165) is 22.3 Å². The number of ether oxygens (including phenoxy) is 2. The third-order valence-corrected chi connectivity index (χ3v) is 5.82. The molecule has 1 heterocycles. The molecule has 6 heteroatoms. The minimum atomic E-state index is -0.410. The lowest BCUT2D eigenvalue weighted by Gasteiger charge is -2.17. The summed E-state index contributed by atoms with van der Waals surface area (Å²) < 4.78 is 10.7. The van der Waals surface area contributed by atoms with Crippen LogP contribution in [0.15, 0.2) is 60.3 Å². The molecule has 0 atom stereocenters. The Morgan fingerprint density at radius 3 is 1.88 bits per heavy atom. The highest BCUT2D eigenvalue weighted by Gasteiger charge is 2.41. The number of nitrogens with one attached hydrogen (secondary N) is 1. The Balaban J connectivity index is 1.88. The van der Waals surface area contributed by atoms with Gasteiger partial charge in [0.05, 0.1) is 25.5 Å². The molecule has 3 aromatic carbocycles. The molecule has 6 nitrogen and oxygen atoms in total. The summed E-state index contributed by atoms with van der Waals surface area (Å²) >= 11 is 0. The summed E-state index contributed by atoms with van der Waals surface area (Å²) in [5.74, 6) is 0.364. The van der Waals surface area contributed by atoms with Crippen LogP contribution < -0.4 is 19.7 Å². The van der Waals surface area contributed by atoms with Crippen molar-refractivity contribution in [2.24, 2.45) is 0 Å². The van der Waals surface area contributed by atoms with Gasteiger partial charge in [-0.15, -0.1) is 0 Å². The van der Waals surface area contributed by atoms with Crippen molar-refractivity contribution >= 4 is 28.8 Å². The maximum atomic E-state index is 13.8. The van der Waals surface area contributed by atoms with Gasteiger partial charge in [0.2, 0.25) is 0 Å². The molecule has 174 valence electrons. The number of carbonyl (C=O) groups is 2. The van der Waals surface area contributed by atoms with Crippen LogP contribution in [0, 0.1) is 27.7 Å². The fraction of sp³-hybridized carbons (Fsp3) is 0.214. The second kappa shape index (κ2) is 9.06. The Kier molecular flexibility index (Phi) is 6.16. The molecule has 2 amide bonds. The summed E-state index contributed by atoms with van der Waals surface area (Å²) in [4.78, 5) is 28.8. The maximum Gasteiger partial charge on any atom is 0.282 e. The lowest BCUT2D eigenvalue weighted by Crippen LogP contribution is -2.32. The SMILES string of the molecule is COc1cc(NC2=C(c3ccc(C)cc3C)C(=O)N(c3cc(C)cc(C)c3)C2=O)cc(OC)c1. The molecule has 0 fully saturated rings. The number of hydrogen-bond donors (Lipinski definition) is 1. The van der Waals surface area contributed by atoms with Gasteiger partial charge in [-0.05, 0) is 62.1 Å². The van der Waals surface area contributed by atoms with E-state index in [1.165, 1.54) is 4.90 Å². The Bertz CT molecular complexity index is 1300. The van der Waals surface area contributed by atoms with Gasteiger partial charge in [0, 0.05) is 23.9 Å². The van der Waals surface area contributed by atoms with Crippen LogP contribution in [0.25, 0.3) is 5.57 Å². The van der Waals surface area contributed by atoms with Crippen LogP contribution in [0.2, 0.25) is 0 Å². The summed E-state index contributed by atoms with van der Waals surface area (Å²) in [6, 6.07) is 16.8. The molecule has 0 radical (unpaired) electrons. The van der Waals surface area contributed by atoms with Gasteiger partial charge in [-0.1, -0.05) is 29.8 Å². The van der Waals surface area contributed by atoms with E-state index in [9.17, 15) is 9.59 Å². The molecule has 0 aromatic heterocycles. The first-order chi connectivity index (χ1) is 16.2. The van der Waals surface area contributed by atoms with E-state index in [-0.39, 0.29) is 11.6 Å². The van der Waals surface area contributed by atoms with Crippen LogP contribution in [-0.2, 0) is 9.59 Å². The number of carbonyl (C=O) groups excluding carboxylic acids is 2. The molecule has 4 rings (SSSR count). The molecule has 0 unspecified atom stereocenters. The maximum absolute atomic E-state index is 13.8. The van der Waals surface area contributed by atoms with E-state index >= 15 is 0 Å². The van der Waals surface area contributed by atoms with E-state index in [4.69, 9.17) is 9.47 Å².